The first-order valence-corrected chi connectivity index (χ1v) is 6.03. The molecule has 1 fully saturated rings. The second-order valence-electron chi connectivity index (χ2n) is 4.47. The molecular formula is C11H19N3O4. The van der Waals surface area contributed by atoms with E-state index in [4.69, 9.17) is 5.11 Å². The van der Waals surface area contributed by atoms with Crippen LogP contribution in [0.2, 0.25) is 0 Å². The van der Waals surface area contributed by atoms with Crippen molar-refractivity contribution in [3.63, 3.8) is 0 Å². The van der Waals surface area contributed by atoms with Gasteiger partial charge in [-0.2, -0.15) is 0 Å². The maximum atomic E-state index is 11.3. The van der Waals surface area contributed by atoms with Crippen molar-refractivity contribution in [3.8, 4) is 0 Å². The van der Waals surface area contributed by atoms with E-state index in [1.54, 1.807) is 0 Å². The maximum absolute atomic E-state index is 11.3. The minimum absolute atomic E-state index is 0.0649. The highest BCUT2D eigenvalue weighted by Crippen LogP contribution is 2.18. The Kier molecular flexibility index (Phi) is 5.41. The van der Waals surface area contributed by atoms with Crippen LogP contribution in [0.25, 0.3) is 0 Å². The summed E-state index contributed by atoms with van der Waals surface area (Å²) in [6, 6.07) is -0.134. The van der Waals surface area contributed by atoms with Gasteiger partial charge in [0.2, 0.25) is 5.91 Å². The largest absolute Gasteiger partial charge is 0.481 e. The van der Waals surface area contributed by atoms with E-state index in [1.807, 2.05) is 0 Å². The lowest BCUT2D eigenvalue weighted by Gasteiger charge is -2.09. The van der Waals surface area contributed by atoms with Crippen LogP contribution in [0, 0.1) is 5.92 Å². The third-order valence-corrected chi connectivity index (χ3v) is 2.57. The van der Waals surface area contributed by atoms with Crippen molar-refractivity contribution >= 4 is 17.9 Å². The lowest BCUT2D eigenvalue weighted by molar-refractivity contribution is -0.140. The lowest BCUT2D eigenvalue weighted by atomic mass is 10.2. The molecule has 0 bridgehead atoms. The molecule has 1 aliphatic carbocycles. The molecule has 7 nitrogen and oxygen atoms in total. The van der Waals surface area contributed by atoms with Crippen LogP contribution in [0.15, 0.2) is 0 Å². The molecule has 3 amide bonds. The summed E-state index contributed by atoms with van der Waals surface area (Å²) in [6.07, 6.45) is 2.30. The summed E-state index contributed by atoms with van der Waals surface area (Å²) >= 11 is 0. The molecule has 4 N–H and O–H groups in total. The Labute approximate surface area is 105 Å². The molecule has 0 saturated heterocycles. The number of carboxylic acids is 1. The quantitative estimate of drug-likeness (QED) is 0.501. The summed E-state index contributed by atoms with van der Waals surface area (Å²) in [5.74, 6) is -1.66. The van der Waals surface area contributed by atoms with Gasteiger partial charge in [-0.05, 0) is 12.8 Å². The van der Waals surface area contributed by atoms with Crippen LogP contribution in [0.3, 0.4) is 0 Å². The Morgan fingerprint density at radius 3 is 2.50 bits per heavy atom. The minimum atomic E-state index is -0.959. The molecule has 0 heterocycles. The number of carboxylic acid groups (broad SMARTS) is 1. The van der Waals surface area contributed by atoms with Crippen molar-refractivity contribution in [2.75, 3.05) is 13.1 Å². The number of nitrogens with one attached hydrogen (secondary N) is 3. The zero-order chi connectivity index (χ0) is 13.5. The van der Waals surface area contributed by atoms with E-state index in [0.717, 1.165) is 12.8 Å². The monoisotopic (exact) mass is 257 g/mol. The van der Waals surface area contributed by atoms with E-state index in [0.29, 0.717) is 6.04 Å². The number of carbonyl (C=O) groups is 3. The van der Waals surface area contributed by atoms with Crippen LogP contribution >= 0.6 is 0 Å². The van der Waals surface area contributed by atoms with Gasteiger partial charge >= 0.3 is 12.0 Å². The maximum Gasteiger partial charge on any atom is 0.314 e. The highest BCUT2D eigenvalue weighted by Gasteiger charge is 2.22. The smallest absolute Gasteiger partial charge is 0.314 e. The molecule has 1 rings (SSSR count). The predicted octanol–water partition coefficient (Wildman–Crippen LogP) is -0.325. The third-order valence-electron chi connectivity index (χ3n) is 2.57. The summed E-state index contributed by atoms with van der Waals surface area (Å²) in [5, 5.41) is 16.3. The zero-order valence-electron chi connectivity index (χ0n) is 10.4. The van der Waals surface area contributed by atoms with Crippen LogP contribution in [0.5, 0.6) is 0 Å². The van der Waals surface area contributed by atoms with Crippen molar-refractivity contribution in [3.05, 3.63) is 0 Å². The van der Waals surface area contributed by atoms with Crippen LogP contribution in [0.4, 0.5) is 4.79 Å². The van der Waals surface area contributed by atoms with Crippen molar-refractivity contribution < 1.29 is 19.5 Å². The third kappa shape index (κ3) is 6.07. The normalized spacial score (nSPS) is 15.6. The number of amides is 3. The fourth-order valence-corrected chi connectivity index (χ4v) is 1.21. The van der Waals surface area contributed by atoms with Gasteiger partial charge < -0.3 is 21.1 Å². The minimum Gasteiger partial charge on any atom is -0.481 e. The topological polar surface area (TPSA) is 108 Å². The Hall–Kier alpha value is -1.79. The van der Waals surface area contributed by atoms with Crippen molar-refractivity contribution in [2.45, 2.75) is 32.2 Å². The second kappa shape index (κ2) is 6.83. The van der Waals surface area contributed by atoms with Crippen molar-refractivity contribution in [1.82, 2.24) is 16.0 Å². The van der Waals surface area contributed by atoms with Gasteiger partial charge in [-0.15, -0.1) is 0 Å². The van der Waals surface area contributed by atoms with Gasteiger partial charge in [0.25, 0.3) is 0 Å². The number of aliphatic carboxylic acids is 1. The molecule has 0 aromatic carbocycles. The molecule has 1 atom stereocenters. The Morgan fingerprint density at radius 1 is 1.28 bits per heavy atom. The Balaban J connectivity index is 2.02. The van der Waals surface area contributed by atoms with E-state index in [2.05, 4.69) is 16.0 Å². The molecule has 0 radical (unpaired) electrons. The summed E-state index contributed by atoms with van der Waals surface area (Å²) < 4.78 is 0. The molecule has 18 heavy (non-hydrogen) atoms. The molecule has 7 heteroatoms. The van der Waals surface area contributed by atoms with E-state index < -0.39 is 17.9 Å². The van der Waals surface area contributed by atoms with E-state index in [1.165, 1.54) is 6.92 Å². The summed E-state index contributed by atoms with van der Waals surface area (Å²) in [4.78, 5) is 33.0. The van der Waals surface area contributed by atoms with Crippen molar-refractivity contribution in [2.24, 2.45) is 5.92 Å². The molecule has 0 aromatic rings. The Bertz CT molecular complexity index is 328. The fourth-order valence-electron chi connectivity index (χ4n) is 1.21. The van der Waals surface area contributed by atoms with Gasteiger partial charge in [0.05, 0.1) is 5.92 Å². The molecule has 0 aromatic heterocycles. The first kappa shape index (κ1) is 14.3. The average Bonchev–Trinajstić information content (AvgIpc) is 3.09. The number of hydrogen-bond acceptors (Lipinski definition) is 3. The summed E-state index contributed by atoms with van der Waals surface area (Å²) in [7, 11) is 0. The highest BCUT2D eigenvalue weighted by molar-refractivity contribution is 5.79. The van der Waals surface area contributed by atoms with Gasteiger partial charge in [0.1, 0.15) is 0 Å². The van der Waals surface area contributed by atoms with Crippen molar-refractivity contribution in [1.29, 1.82) is 0 Å². The van der Waals surface area contributed by atoms with Crippen LogP contribution in [-0.2, 0) is 9.59 Å². The first-order valence-electron chi connectivity index (χ1n) is 6.03. The molecular weight excluding hydrogens is 238 g/mol. The number of carbonyl (C=O) groups excluding carboxylic acids is 2. The molecule has 1 aliphatic rings. The predicted molar refractivity (Wildman–Crippen MR) is 64.0 cm³/mol. The number of hydrogen-bond donors (Lipinski definition) is 4. The van der Waals surface area contributed by atoms with Gasteiger partial charge in [0.15, 0.2) is 0 Å². The van der Waals surface area contributed by atoms with E-state index in [-0.39, 0.29) is 25.4 Å². The van der Waals surface area contributed by atoms with Gasteiger partial charge in [-0.25, -0.2) is 4.79 Å². The molecule has 0 spiro atoms. The number of urea groups is 1. The van der Waals surface area contributed by atoms with Crippen LogP contribution < -0.4 is 16.0 Å². The molecule has 1 unspecified atom stereocenters. The molecule has 102 valence electrons. The first-order chi connectivity index (χ1) is 8.49. The highest BCUT2D eigenvalue weighted by atomic mass is 16.4. The Morgan fingerprint density at radius 2 is 1.94 bits per heavy atom. The molecule has 0 aliphatic heterocycles. The van der Waals surface area contributed by atoms with Crippen LogP contribution in [-0.4, -0.2) is 42.1 Å². The van der Waals surface area contributed by atoms with Crippen LogP contribution in [0.1, 0.15) is 26.2 Å². The van der Waals surface area contributed by atoms with E-state index >= 15 is 0 Å². The standard InChI is InChI=1S/C11H19N3O4/c1-7(10(16)17)6-13-11(18)12-5-4-9(15)14-8-2-3-8/h7-8H,2-6H2,1H3,(H,14,15)(H,16,17)(H2,12,13,18). The zero-order valence-corrected chi connectivity index (χ0v) is 10.4. The van der Waals surface area contributed by atoms with Gasteiger partial charge in [-0.1, -0.05) is 6.92 Å². The summed E-state index contributed by atoms with van der Waals surface area (Å²) in [5.41, 5.74) is 0. The second-order valence-corrected chi connectivity index (χ2v) is 4.47. The van der Waals surface area contributed by atoms with Gasteiger partial charge in [-0.3, -0.25) is 9.59 Å². The molecule has 1 saturated carbocycles. The average molecular weight is 257 g/mol. The number of rotatable bonds is 7. The fraction of sp³-hybridized carbons (Fsp3) is 0.727. The SMILES string of the molecule is CC(CNC(=O)NCCC(=O)NC1CC1)C(=O)O. The summed E-state index contributed by atoms with van der Waals surface area (Å²) in [6.45, 7) is 1.81. The lowest BCUT2D eigenvalue weighted by Crippen LogP contribution is -2.40. The van der Waals surface area contributed by atoms with Gasteiger partial charge in [0, 0.05) is 25.6 Å². The van der Waals surface area contributed by atoms with E-state index in [9.17, 15) is 14.4 Å².